The molecular weight excluding hydrogens is 386 g/mol. The second-order valence-electron chi connectivity index (χ2n) is 6.65. The fourth-order valence-electron chi connectivity index (χ4n) is 2.93. The van der Waals surface area contributed by atoms with Crippen molar-refractivity contribution in [1.29, 1.82) is 0 Å². The number of carbonyl (C=O) groups is 1. The van der Waals surface area contributed by atoms with Gasteiger partial charge in [0.1, 0.15) is 13.2 Å². The number of nitrogens with one attached hydrogen (secondary N) is 1. The Morgan fingerprint density at radius 3 is 2.59 bits per heavy atom. The molecule has 1 amide bonds. The summed E-state index contributed by atoms with van der Waals surface area (Å²) in [7, 11) is 0. The van der Waals surface area contributed by atoms with Gasteiger partial charge in [0, 0.05) is 23.0 Å². The molecule has 0 saturated heterocycles. The molecule has 1 atom stereocenters. The van der Waals surface area contributed by atoms with Crippen molar-refractivity contribution in [2.24, 2.45) is 0 Å². The molecule has 0 saturated carbocycles. The van der Waals surface area contributed by atoms with Gasteiger partial charge in [0.2, 0.25) is 5.91 Å². The van der Waals surface area contributed by atoms with Crippen molar-refractivity contribution in [2.45, 2.75) is 24.3 Å². The third kappa shape index (κ3) is 4.68. The lowest BCUT2D eigenvalue weighted by atomic mass is 10.1. The van der Waals surface area contributed by atoms with E-state index in [0.717, 1.165) is 17.0 Å². The lowest BCUT2D eigenvalue weighted by molar-refractivity contribution is -0.115. The summed E-state index contributed by atoms with van der Waals surface area (Å²) in [6.45, 7) is 4.81. The summed E-state index contributed by atoms with van der Waals surface area (Å²) in [4.78, 5) is 21.8. The smallest absolute Gasteiger partial charge is 0.237 e. The quantitative estimate of drug-likeness (QED) is 0.501. The van der Waals surface area contributed by atoms with E-state index in [1.54, 1.807) is 18.2 Å². The molecule has 0 spiro atoms. The van der Waals surface area contributed by atoms with Crippen LogP contribution < -0.4 is 14.8 Å². The standard InChI is InChI=1S/C22H21N3O3S/c1-14-12-18(16-6-4-3-5-7-16)25-22(23-14)29-15(2)21(26)24-17-8-9-19-20(13-17)28-11-10-27-19/h3-9,12-13,15H,10-11H2,1-2H3,(H,24,26)/t15-/m1/s1. The van der Waals surface area contributed by atoms with Crippen molar-refractivity contribution < 1.29 is 14.3 Å². The van der Waals surface area contributed by atoms with Gasteiger partial charge in [-0.1, -0.05) is 42.1 Å². The first-order valence-corrected chi connectivity index (χ1v) is 10.2. The van der Waals surface area contributed by atoms with Gasteiger partial charge in [-0.15, -0.1) is 0 Å². The van der Waals surface area contributed by atoms with Crippen molar-refractivity contribution >= 4 is 23.4 Å². The highest BCUT2D eigenvalue weighted by molar-refractivity contribution is 8.00. The van der Waals surface area contributed by atoms with E-state index in [-0.39, 0.29) is 11.2 Å². The second-order valence-corrected chi connectivity index (χ2v) is 7.96. The summed E-state index contributed by atoms with van der Waals surface area (Å²) < 4.78 is 11.1. The maximum Gasteiger partial charge on any atom is 0.237 e. The van der Waals surface area contributed by atoms with Crippen LogP contribution in [0.3, 0.4) is 0 Å². The van der Waals surface area contributed by atoms with Crippen molar-refractivity contribution in [3.05, 3.63) is 60.3 Å². The van der Waals surface area contributed by atoms with Gasteiger partial charge in [-0.2, -0.15) is 0 Å². The van der Waals surface area contributed by atoms with Gasteiger partial charge in [-0.25, -0.2) is 9.97 Å². The average molecular weight is 407 g/mol. The van der Waals surface area contributed by atoms with Crippen LogP contribution in [0.25, 0.3) is 11.3 Å². The average Bonchev–Trinajstić information content (AvgIpc) is 2.74. The Balaban J connectivity index is 1.45. The van der Waals surface area contributed by atoms with E-state index in [1.165, 1.54) is 11.8 Å². The van der Waals surface area contributed by atoms with E-state index in [1.807, 2.05) is 50.2 Å². The van der Waals surface area contributed by atoms with Crippen molar-refractivity contribution in [1.82, 2.24) is 9.97 Å². The van der Waals surface area contributed by atoms with Crippen LogP contribution in [0.4, 0.5) is 5.69 Å². The minimum Gasteiger partial charge on any atom is -0.486 e. The summed E-state index contributed by atoms with van der Waals surface area (Å²) in [5.41, 5.74) is 3.40. The molecule has 1 aromatic heterocycles. The molecule has 148 valence electrons. The van der Waals surface area contributed by atoms with E-state index >= 15 is 0 Å². The molecule has 3 aromatic rings. The third-order valence-electron chi connectivity index (χ3n) is 4.36. The zero-order valence-corrected chi connectivity index (χ0v) is 17.0. The number of aryl methyl sites for hydroxylation is 1. The summed E-state index contributed by atoms with van der Waals surface area (Å²) in [5, 5.41) is 3.13. The van der Waals surface area contributed by atoms with Gasteiger partial charge in [-0.05, 0) is 32.0 Å². The first kappa shape index (κ1) is 19.3. The topological polar surface area (TPSA) is 73.3 Å². The third-order valence-corrected chi connectivity index (χ3v) is 5.33. The maximum atomic E-state index is 12.7. The molecule has 0 bridgehead atoms. The van der Waals surface area contributed by atoms with E-state index in [4.69, 9.17) is 9.47 Å². The number of hydrogen-bond acceptors (Lipinski definition) is 6. The first-order valence-electron chi connectivity index (χ1n) is 9.37. The molecule has 6 nitrogen and oxygen atoms in total. The largest absolute Gasteiger partial charge is 0.486 e. The van der Waals surface area contributed by atoms with Gasteiger partial charge in [0.15, 0.2) is 16.7 Å². The van der Waals surface area contributed by atoms with Crippen LogP contribution in [-0.4, -0.2) is 34.3 Å². The maximum absolute atomic E-state index is 12.7. The lowest BCUT2D eigenvalue weighted by Gasteiger charge is -2.19. The normalized spacial score (nSPS) is 13.6. The predicted molar refractivity (Wildman–Crippen MR) is 114 cm³/mol. The minimum absolute atomic E-state index is 0.127. The Hall–Kier alpha value is -3.06. The van der Waals surface area contributed by atoms with Gasteiger partial charge in [0.25, 0.3) is 0 Å². The molecular formula is C22H21N3O3S. The molecule has 4 rings (SSSR count). The van der Waals surface area contributed by atoms with E-state index < -0.39 is 0 Å². The summed E-state index contributed by atoms with van der Waals surface area (Å²) in [5.74, 6) is 1.21. The SMILES string of the molecule is Cc1cc(-c2ccccc2)nc(S[C@H](C)C(=O)Nc2ccc3c(c2)OCCO3)n1. The Kier molecular flexibility index (Phi) is 5.67. The molecule has 0 radical (unpaired) electrons. The lowest BCUT2D eigenvalue weighted by Crippen LogP contribution is -2.23. The predicted octanol–water partition coefficient (Wildman–Crippen LogP) is 4.34. The highest BCUT2D eigenvalue weighted by Gasteiger charge is 2.19. The number of thioether (sulfide) groups is 1. The van der Waals surface area contributed by atoms with Crippen molar-refractivity contribution in [2.75, 3.05) is 18.5 Å². The van der Waals surface area contributed by atoms with Gasteiger partial charge in [-0.3, -0.25) is 4.79 Å². The number of ether oxygens (including phenoxy) is 2. The summed E-state index contributed by atoms with van der Waals surface area (Å²) >= 11 is 1.33. The highest BCUT2D eigenvalue weighted by atomic mass is 32.2. The molecule has 29 heavy (non-hydrogen) atoms. The van der Waals surface area contributed by atoms with Crippen LogP contribution in [0, 0.1) is 6.92 Å². The summed E-state index contributed by atoms with van der Waals surface area (Å²) in [6, 6.07) is 17.3. The monoisotopic (exact) mass is 407 g/mol. The van der Waals surface area contributed by atoms with E-state index in [0.29, 0.717) is 35.6 Å². The highest BCUT2D eigenvalue weighted by Crippen LogP contribution is 2.33. The molecule has 0 aliphatic carbocycles. The molecule has 0 fully saturated rings. The Labute approximate surface area is 173 Å². The van der Waals surface area contributed by atoms with Crippen LogP contribution in [0.1, 0.15) is 12.6 Å². The van der Waals surface area contributed by atoms with Crippen molar-refractivity contribution in [3.8, 4) is 22.8 Å². The Bertz CT molecular complexity index is 1030. The molecule has 7 heteroatoms. The Morgan fingerprint density at radius 2 is 1.79 bits per heavy atom. The number of nitrogens with zero attached hydrogens (tertiary/aromatic N) is 2. The van der Waals surface area contributed by atoms with Crippen molar-refractivity contribution in [3.63, 3.8) is 0 Å². The van der Waals surface area contributed by atoms with Gasteiger partial charge < -0.3 is 14.8 Å². The molecule has 1 N–H and O–H groups in total. The number of aromatic nitrogens is 2. The van der Waals surface area contributed by atoms with Crippen LogP contribution >= 0.6 is 11.8 Å². The molecule has 2 aromatic carbocycles. The number of hydrogen-bond donors (Lipinski definition) is 1. The molecule has 2 heterocycles. The van der Waals surface area contributed by atoms with Crippen LogP contribution in [0.2, 0.25) is 0 Å². The van der Waals surface area contributed by atoms with Crippen LogP contribution in [0.5, 0.6) is 11.5 Å². The number of rotatable bonds is 5. The van der Waals surface area contributed by atoms with Gasteiger partial charge in [0.05, 0.1) is 10.9 Å². The number of benzene rings is 2. The fourth-order valence-corrected chi connectivity index (χ4v) is 3.76. The van der Waals surface area contributed by atoms with E-state index in [2.05, 4.69) is 15.3 Å². The van der Waals surface area contributed by atoms with Gasteiger partial charge >= 0.3 is 0 Å². The fraction of sp³-hybridized carbons (Fsp3) is 0.227. The Morgan fingerprint density at radius 1 is 1.03 bits per heavy atom. The van der Waals surface area contributed by atoms with E-state index in [9.17, 15) is 4.79 Å². The molecule has 0 unspecified atom stereocenters. The number of anilines is 1. The zero-order valence-electron chi connectivity index (χ0n) is 16.2. The summed E-state index contributed by atoms with van der Waals surface area (Å²) in [6.07, 6.45) is 0. The van der Waals surface area contributed by atoms with Crippen LogP contribution in [0.15, 0.2) is 59.8 Å². The van der Waals surface area contributed by atoms with Crippen LogP contribution in [-0.2, 0) is 4.79 Å². The minimum atomic E-state index is -0.367. The molecule has 1 aliphatic heterocycles. The number of amides is 1. The molecule has 1 aliphatic rings. The zero-order chi connectivity index (χ0) is 20.2. The first-order chi connectivity index (χ1) is 14.1. The number of fused-ring (bicyclic) bond motifs is 1. The number of carbonyl (C=O) groups excluding carboxylic acids is 1. The second kappa shape index (κ2) is 8.53.